The maximum Gasteiger partial charge on any atom is 0.246 e. The Morgan fingerprint density at radius 1 is 1.03 bits per heavy atom. The van der Waals surface area contributed by atoms with Crippen LogP contribution >= 0.6 is 0 Å². The molecule has 196 valence electrons. The van der Waals surface area contributed by atoms with Gasteiger partial charge in [0, 0.05) is 13.1 Å². The summed E-state index contributed by atoms with van der Waals surface area (Å²) in [7, 11) is 0. The highest BCUT2D eigenvalue weighted by molar-refractivity contribution is 5.99. The Balaban J connectivity index is 1.46. The van der Waals surface area contributed by atoms with Crippen molar-refractivity contribution in [2.45, 2.75) is 63.6 Å². The summed E-state index contributed by atoms with van der Waals surface area (Å²) in [5.74, 6) is -2.48. The third-order valence-electron chi connectivity index (χ3n) is 8.64. The fraction of sp³-hybridized carbons (Fsp3) is 0.483. The fourth-order valence-corrected chi connectivity index (χ4v) is 6.72. The number of carbonyl (C=O) groups is 3. The van der Waals surface area contributed by atoms with Gasteiger partial charge >= 0.3 is 0 Å². The van der Waals surface area contributed by atoms with Crippen molar-refractivity contribution < 1.29 is 24.2 Å². The second-order valence-electron chi connectivity index (χ2n) is 10.9. The zero-order valence-electron chi connectivity index (χ0n) is 21.5. The minimum atomic E-state index is -1.13. The molecular weight excluding hydrogens is 470 g/mol. The minimum absolute atomic E-state index is 0.0437. The van der Waals surface area contributed by atoms with Crippen LogP contribution in [-0.4, -0.2) is 57.6 Å². The number of nitrogens with one attached hydrogen (secondary N) is 2. The molecule has 3 amide bonds. The van der Waals surface area contributed by atoms with E-state index in [4.69, 9.17) is 4.74 Å². The van der Waals surface area contributed by atoms with E-state index in [-0.39, 0.29) is 30.2 Å². The van der Waals surface area contributed by atoms with Crippen LogP contribution in [0.1, 0.15) is 38.3 Å². The van der Waals surface area contributed by atoms with E-state index >= 15 is 0 Å². The quantitative estimate of drug-likeness (QED) is 0.509. The lowest BCUT2D eigenvalue weighted by Crippen LogP contribution is -2.57. The van der Waals surface area contributed by atoms with Crippen LogP contribution in [0.4, 0.5) is 0 Å². The van der Waals surface area contributed by atoms with E-state index in [2.05, 4.69) is 10.6 Å². The second kappa shape index (κ2) is 9.58. The average Bonchev–Trinajstić information content (AvgIpc) is 3.43. The van der Waals surface area contributed by atoms with Crippen LogP contribution in [0.2, 0.25) is 0 Å². The predicted molar refractivity (Wildman–Crippen MR) is 137 cm³/mol. The Bertz CT molecular complexity index is 1170. The Hall–Kier alpha value is -3.23. The maximum atomic E-state index is 14.0. The fourth-order valence-electron chi connectivity index (χ4n) is 6.72. The molecule has 0 aliphatic carbocycles. The lowest BCUT2D eigenvalue weighted by molar-refractivity contribution is -0.150. The number of aliphatic hydroxyl groups excluding tert-OH is 1. The van der Waals surface area contributed by atoms with Gasteiger partial charge in [-0.05, 0) is 37.3 Å². The van der Waals surface area contributed by atoms with Crippen LogP contribution < -0.4 is 10.6 Å². The first-order chi connectivity index (χ1) is 17.7. The lowest BCUT2D eigenvalue weighted by atomic mass is 9.62. The van der Waals surface area contributed by atoms with Crippen molar-refractivity contribution in [3.63, 3.8) is 0 Å². The van der Waals surface area contributed by atoms with E-state index in [0.717, 1.165) is 11.1 Å². The Morgan fingerprint density at radius 3 is 2.11 bits per heavy atom. The molecule has 1 spiro atoms. The van der Waals surface area contributed by atoms with Crippen LogP contribution in [0.15, 0.2) is 60.7 Å². The van der Waals surface area contributed by atoms with Crippen molar-refractivity contribution >= 4 is 17.7 Å². The van der Waals surface area contributed by atoms with Gasteiger partial charge in [-0.25, -0.2) is 0 Å². The molecule has 8 heteroatoms. The second-order valence-corrected chi connectivity index (χ2v) is 10.9. The van der Waals surface area contributed by atoms with Gasteiger partial charge < -0.3 is 25.4 Å². The van der Waals surface area contributed by atoms with E-state index in [9.17, 15) is 19.5 Å². The number of hydrogen-bond donors (Lipinski definition) is 3. The zero-order chi connectivity index (χ0) is 26.4. The number of ether oxygens (including phenoxy) is 1. The number of hydrogen-bond acceptors (Lipinski definition) is 5. The largest absolute Gasteiger partial charge is 0.394 e. The summed E-state index contributed by atoms with van der Waals surface area (Å²) in [6, 6.07) is 17.6. The standard InChI is InChI=1S/C29H35N3O5/c1-18-14-29-23(22(28(18,3)37-29)25(34)30-15-20-10-6-4-7-11-20)27(36)32(19(2)17-33)24(29)26(35)31-16-21-12-8-5-9-13-21/h4-13,18-19,22-24,33H,14-17H2,1-3H3,(H,30,34)(H,31,35)/t18?,19-,22+,23+,24?,28-,29?/m1/s1. The van der Waals surface area contributed by atoms with Gasteiger partial charge in [0.1, 0.15) is 11.6 Å². The number of carbonyl (C=O) groups excluding carboxylic acids is 3. The molecule has 0 saturated carbocycles. The molecule has 5 rings (SSSR count). The molecule has 3 fully saturated rings. The van der Waals surface area contributed by atoms with Crippen LogP contribution in [0, 0.1) is 17.8 Å². The van der Waals surface area contributed by atoms with Gasteiger partial charge in [-0.15, -0.1) is 0 Å². The highest BCUT2D eigenvalue weighted by Gasteiger charge is 2.80. The van der Waals surface area contributed by atoms with Gasteiger partial charge in [0.2, 0.25) is 17.7 Å². The highest BCUT2D eigenvalue weighted by Crippen LogP contribution is 2.65. The summed E-state index contributed by atoms with van der Waals surface area (Å²) >= 11 is 0. The Labute approximate surface area is 217 Å². The molecule has 8 nitrogen and oxygen atoms in total. The number of likely N-dealkylation sites (tertiary alicyclic amines) is 1. The summed E-state index contributed by atoms with van der Waals surface area (Å²) in [6.07, 6.45) is 0.487. The number of amides is 3. The van der Waals surface area contributed by atoms with E-state index < -0.39 is 35.1 Å². The Morgan fingerprint density at radius 2 is 1.57 bits per heavy atom. The highest BCUT2D eigenvalue weighted by atomic mass is 16.5. The first-order valence-electron chi connectivity index (χ1n) is 13.0. The predicted octanol–water partition coefficient (Wildman–Crippen LogP) is 2.01. The van der Waals surface area contributed by atoms with Crippen molar-refractivity contribution in [3.05, 3.63) is 71.8 Å². The van der Waals surface area contributed by atoms with Gasteiger partial charge in [0.25, 0.3) is 0 Å². The van der Waals surface area contributed by atoms with Crippen LogP contribution in [-0.2, 0) is 32.2 Å². The third-order valence-corrected chi connectivity index (χ3v) is 8.64. The minimum Gasteiger partial charge on any atom is -0.394 e. The molecule has 2 aromatic carbocycles. The number of nitrogens with zero attached hydrogens (tertiary/aromatic N) is 1. The van der Waals surface area contributed by atoms with Crippen LogP contribution in [0.3, 0.4) is 0 Å². The number of aliphatic hydroxyl groups is 1. The van der Waals surface area contributed by atoms with Gasteiger partial charge in [0.15, 0.2) is 0 Å². The van der Waals surface area contributed by atoms with Gasteiger partial charge in [-0.3, -0.25) is 14.4 Å². The normalized spacial score (nSPS) is 32.8. The van der Waals surface area contributed by atoms with Crippen molar-refractivity contribution in [3.8, 4) is 0 Å². The van der Waals surface area contributed by atoms with E-state index in [1.165, 1.54) is 4.90 Å². The zero-order valence-corrected chi connectivity index (χ0v) is 21.5. The smallest absolute Gasteiger partial charge is 0.246 e. The van der Waals surface area contributed by atoms with Crippen molar-refractivity contribution in [2.75, 3.05) is 6.61 Å². The molecule has 2 aromatic rings. The lowest BCUT2D eigenvalue weighted by Gasteiger charge is -2.36. The summed E-state index contributed by atoms with van der Waals surface area (Å²) in [4.78, 5) is 42.8. The molecule has 3 aliphatic heterocycles. The molecule has 2 bridgehead atoms. The molecule has 7 atom stereocenters. The van der Waals surface area contributed by atoms with Crippen molar-refractivity contribution in [2.24, 2.45) is 17.8 Å². The number of rotatable bonds is 8. The van der Waals surface area contributed by atoms with E-state index in [0.29, 0.717) is 19.5 Å². The molecule has 3 aliphatic rings. The SMILES string of the molecule is CC1CC23O[C@@]1(C)[C@H](C(=O)NCc1ccccc1)[C@H]2C(=O)N([C@H](C)CO)C3C(=O)NCc1ccccc1. The number of benzene rings is 2. The first kappa shape index (κ1) is 25.4. The van der Waals surface area contributed by atoms with Crippen LogP contribution in [0.25, 0.3) is 0 Å². The molecule has 37 heavy (non-hydrogen) atoms. The summed E-state index contributed by atoms with van der Waals surface area (Å²) in [5, 5.41) is 16.0. The van der Waals surface area contributed by atoms with E-state index in [1.54, 1.807) is 6.92 Å². The summed E-state index contributed by atoms with van der Waals surface area (Å²) in [5.41, 5.74) is -0.122. The molecule has 0 radical (unpaired) electrons. The van der Waals surface area contributed by atoms with Crippen LogP contribution in [0.5, 0.6) is 0 Å². The molecule has 3 N–H and O–H groups in total. The van der Waals surface area contributed by atoms with Crippen molar-refractivity contribution in [1.82, 2.24) is 15.5 Å². The average molecular weight is 506 g/mol. The third kappa shape index (κ3) is 4.03. The van der Waals surface area contributed by atoms with Gasteiger partial charge in [0.05, 0.1) is 30.1 Å². The van der Waals surface area contributed by atoms with Gasteiger partial charge in [-0.1, -0.05) is 67.6 Å². The molecule has 3 saturated heterocycles. The Kier molecular flexibility index (Phi) is 6.58. The molecule has 0 aromatic heterocycles. The summed E-state index contributed by atoms with van der Waals surface area (Å²) < 4.78 is 6.68. The first-order valence-corrected chi connectivity index (χ1v) is 13.0. The van der Waals surface area contributed by atoms with E-state index in [1.807, 2.05) is 74.5 Å². The van der Waals surface area contributed by atoms with Crippen molar-refractivity contribution in [1.29, 1.82) is 0 Å². The van der Waals surface area contributed by atoms with Gasteiger partial charge in [-0.2, -0.15) is 0 Å². The number of fused-ring (bicyclic) bond motifs is 1. The monoisotopic (exact) mass is 505 g/mol. The molecule has 3 heterocycles. The topological polar surface area (TPSA) is 108 Å². The maximum absolute atomic E-state index is 14.0. The summed E-state index contributed by atoms with van der Waals surface area (Å²) in [6.45, 7) is 5.98. The molecular formula is C29H35N3O5. The molecule has 3 unspecified atom stereocenters.